The van der Waals surface area contributed by atoms with E-state index >= 15 is 0 Å². The van der Waals surface area contributed by atoms with Gasteiger partial charge in [0, 0.05) is 11.1 Å². The van der Waals surface area contributed by atoms with E-state index in [2.05, 4.69) is 0 Å². The molecule has 0 aliphatic heterocycles. The Balaban J connectivity index is 2.36. The maximum atomic E-state index is 12.9. The summed E-state index contributed by atoms with van der Waals surface area (Å²) in [4.78, 5) is 0.205. The SMILES string of the molecule is Cc1cc2c(Cl)c(C#N)ccc2n1S(=O)(=O)c1ccccc1. The summed E-state index contributed by atoms with van der Waals surface area (Å²) < 4.78 is 27.0. The highest BCUT2D eigenvalue weighted by molar-refractivity contribution is 7.90. The second kappa shape index (κ2) is 5.16. The summed E-state index contributed by atoms with van der Waals surface area (Å²) in [5.74, 6) is 0. The molecule has 22 heavy (non-hydrogen) atoms. The molecule has 0 radical (unpaired) electrons. The Morgan fingerprint density at radius 3 is 2.45 bits per heavy atom. The number of benzene rings is 2. The highest BCUT2D eigenvalue weighted by atomic mass is 35.5. The minimum absolute atomic E-state index is 0.205. The van der Waals surface area contributed by atoms with Crippen molar-refractivity contribution >= 4 is 32.5 Å². The van der Waals surface area contributed by atoms with Crippen LogP contribution in [0.5, 0.6) is 0 Å². The third-order valence-electron chi connectivity index (χ3n) is 3.45. The zero-order chi connectivity index (χ0) is 15.9. The molecular weight excluding hydrogens is 320 g/mol. The van der Waals surface area contributed by atoms with E-state index in [4.69, 9.17) is 16.9 Å². The molecule has 6 heteroatoms. The van der Waals surface area contributed by atoms with Crippen molar-refractivity contribution in [3.63, 3.8) is 0 Å². The molecule has 0 atom stereocenters. The number of aryl methyl sites for hydroxylation is 1. The highest BCUT2D eigenvalue weighted by Crippen LogP contribution is 2.32. The van der Waals surface area contributed by atoms with E-state index in [1.54, 1.807) is 49.4 Å². The molecule has 4 nitrogen and oxygen atoms in total. The molecule has 110 valence electrons. The molecule has 0 amide bonds. The summed E-state index contributed by atoms with van der Waals surface area (Å²) in [5, 5.41) is 9.85. The zero-order valence-electron chi connectivity index (χ0n) is 11.6. The third kappa shape index (κ3) is 2.08. The van der Waals surface area contributed by atoms with Gasteiger partial charge in [-0.2, -0.15) is 5.26 Å². The van der Waals surface area contributed by atoms with Crippen LogP contribution in [0.25, 0.3) is 10.9 Å². The van der Waals surface area contributed by atoms with Crippen molar-refractivity contribution in [3.05, 3.63) is 64.8 Å². The fraction of sp³-hybridized carbons (Fsp3) is 0.0625. The van der Waals surface area contributed by atoms with Crippen molar-refractivity contribution in [2.75, 3.05) is 0 Å². The predicted molar refractivity (Wildman–Crippen MR) is 85.4 cm³/mol. The summed E-state index contributed by atoms with van der Waals surface area (Å²) in [7, 11) is -3.71. The lowest BCUT2D eigenvalue weighted by atomic mass is 10.2. The van der Waals surface area contributed by atoms with Crippen molar-refractivity contribution in [2.45, 2.75) is 11.8 Å². The summed E-state index contributed by atoms with van der Waals surface area (Å²) in [5.41, 5.74) is 1.32. The second-order valence-electron chi connectivity index (χ2n) is 4.84. The van der Waals surface area contributed by atoms with E-state index in [0.717, 1.165) is 0 Å². The van der Waals surface area contributed by atoms with Crippen molar-refractivity contribution in [1.82, 2.24) is 3.97 Å². The van der Waals surface area contributed by atoms with E-state index in [-0.39, 0.29) is 9.92 Å². The van der Waals surface area contributed by atoms with Crippen molar-refractivity contribution in [3.8, 4) is 6.07 Å². The first-order chi connectivity index (χ1) is 10.5. The standard InChI is InChI=1S/C16H11ClN2O2S/c1-11-9-14-15(8-7-12(10-18)16(14)17)19(11)22(20,21)13-5-3-2-4-6-13/h2-9H,1H3. The molecule has 0 spiro atoms. The van der Waals surface area contributed by atoms with Gasteiger partial charge in [0.15, 0.2) is 0 Å². The number of nitrogens with zero attached hydrogens (tertiary/aromatic N) is 2. The van der Waals surface area contributed by atoms with Crippen LogP contribution in [0, 0.1) is 18.3 Å². The first kappa shape index (κ1) is 14.6. The van der Waals surface area contributed by atoms with E-state index in [0.29, 0.717) is 22.2 Å². The maximum Gasteiger partial charge on any atom is 0.268 e. The quantitative estimate of drug-likeness (QED) is 0.719. The fourth-order valence-corrected chi connectivity index (χ4v) is 4.28. The van der Waals surface area contributed by atoms with Crippen LogP contribution in [0.1, 0.15) is 11.3 Å². The Morgan fingerprint density at radius 1 is 1.14 bits per heavy atom. The molecule has 3 rings (SSSR count). The number of halogens is 1. The topological polar surface area (TPSA) is 62.9 Å². The van der Waals surface area contributed by atoms with Crippen molar-refractivity contribution in [1.29, 1.82) is 5.26 Å². The Hall–Kier alpha value is -2.29. The van der Waals surface area contributed by atoms with Gasteiger partial charge in [-0.25, -0.2) is 12.4 Å². The van der Waals surface area contributed by atoms with Gasteiger partial charge in [0.2, 0.25) is 0 Å². The van der Waals surface area contributed by atoms with Crippen LogP contribution >= 0.6 is 11.6 Å². The van der Waals surface area contributed by atoms with Gasteiger partial charge >= 0.3 is 0 Å². The molecule has 0 unspecified atom stereocenters. The molecule has 1 aromatic heterocycles. The summed E-state index contributed by atoms with van der Waals surface area (Å²) in [6.07, 6.45) is 0. The molecule has 0 bridgehead atoms. The molecule has 3 aromatic rings. The molecular formula is C16H11ClN2O2S. The number of aromatic nitrogens is 1. The lowest BCUT2D eigenvalue weighted by Gasteiger charge is -2.10. The number of hydrogen-bond acceptors (Lipinski definition) is 3. The van der Waals surface area contributed by atoms with Gasteiger partial charge in [0.1, 0.15) is 6.07 Å². The Morgan fingerprint density at radius 2 is 1.82 bits per heavy atom. The number of hydrogen-bond donors (Lipinski definition) is 0. The smallest absolute Gasteiger partial charge is 0.238 e. The van der Waals surface area contributed by atoms with E-state index in [1.807, 2.05) is 6.07 Å². The molecule has 2 aromatic carbocycles. The summed E-state index contributed by atoms with van der Waals surface area (Å²) in [6, 6.07) is 15.0. The fourth-order valence-electron chi connectivity index (χ4n) is 2.46. The first-order valence-electron chi connectivity index (χ1n) is 6.48. The number of rotatable bonds is 2. The van der Waals surface area contributed by atoms with Crippen LogP contribution in [0.2, 0.25) is 5.02 Å². The van der Waals surface area contributed by atoms with Gasteiger partial charge < -0.3 is 0 Å². The predicted octanol–water partition coefficient (Wildman–Crippen LogP) is 3.71. The maximum absolute atomic E-state index is 12.9. The zero-order valence-corrected chi connectivity index (χ0v) is 13.2. The van der Waals surface area contributed by atoms with Crippen LogP contribution in [-0.4, -0.2) is 12.4 Å². The lowest BCUT2D eigenvalue weighted by Crippen LogP contribution is -2.14. The van der Waals surface area contributed by atoms with Gasteiger partial charge in [0.25, 0.3) is 10.0 Å². The highest BCUT2D eigenvalue weighted by Gasteiger charge is 2.22. The average Bonchev–Trinajstić information content (AvgIpc) is 2.86. The molecule has 0 aliphatic rings. The van der Waals surface area contributed by atoms with E-state index in [1.165, 1.54) is 10.0 Å². The van der Waals surface area contributed by atoms with Crippen LogP contribution < -0.4 is 0 Å². The van der Waals surface area contributed by atoms with Gasteiger partial charge in [-0.15, -0.1) is 0 Å². The van der Waals surface area contributed by atoms with Crippen LogP contribution in [-0.2, 0) is 10.0 Å². The molecule has 1 heterocycles. The first-order valence-corrected chi connectivity index (χ1v) is 8.30. The molecule has 0 fully saturated rings. The Labute approximate surface area is 133 Å². The minimum atomic E-state index is -3.71. The molecule has 0 saturated heterocycles. The summed E-state index contributed by atoms with van der Waals surface area (Å²) >= 11 is 6.19. The normalized spacial score (nSPS) is 11.5. The molecule has 0 aliphatic carbocycles. The monoisotopic (exact) mass is 330 g/mol. The van der Waals surface area contributed by atoms with Gasteiger partial charge in [0.05, 0.1) is 21.0 Å². The van der Waals surface area contributed by atoms with E-state index < -0.39 is 10.0 Å². The Kier molecular flexibility index (Phi) is 3.44. The minimum Gasteiger partial charge on any atom is -0.238 e. The van der Waals surface area contributed by atoms with E-state index in [9.17, 15) is 8.42 Å². The third-order valence-corrected chi connectivity index (χ3v) is 5.69. The summed E-state index contributed by atoms with van der Waals surface area (Å²) in [6.45, 7) is 1.70. The van der Waals surface area contributed by atoms with Crippen molar-refractivity contribution < 1.29 is 8.42 Å². The Bertz CT molecular complexity index is 1020. The van der Waals surface area contributed by atoms with Crippen LogP contribution in [0.15, 0.2) is 53.4 Å². The second-order valence-corrected chi connectivity index (χ2v) is 7.00. The molecule has 0 saturated carbocycles. The van der Waals surface area contributed by atoms with Crippen molar-refractivity contribution in [2.24, 2.45) is 0 Å². The molecule has 0 N–H and O–H groups in total. The number of fused-ring (bicyclic) bond motifs is 1. The van der Waals surface area contributed by atoms with Gasteiger partial charge in [-0.05, 0) is 37.3 Å². The largest absolute Gasteiger partial charge is 0.268 e. The average molecular weight is 331 g/mol. The van der Waals surface area contributed by atoms with Crippen LogP contribution in [0.3, 0.4) is 0 Å². The number of nitriles is 1. The van der Waals surface area contributed by atoms with Crippen LogP contribution in [0.4, 0.5) is 0 Å². The van der Waals surface area contributed by atoms with Gasteiger partial charge in [-0.1, -0.05) is 29.8 Å². The van der Waals surface area contributed by atoms with Gasteiger partial charge in [-0.3, -0.25) is 0 Å². The lowest BCUT2D eigenvalue weighted by molar-refractivity contribution is 0.588.